The van der Waals surface area contributed by atoms with Crippen LogP contribution < -0.4 is 10.2 Å². The molecule has 1 aromatic heterocycles. The van der Waals surface area contributed by atoms with Crippen LogP contribution in [0.5, 0.6) is 28.7 Å². The Balaban J connectivity index is 1.72. The average Bonchev–Trinajstić information content (AvgIpc) is 2.98. The molecule has 2 aliphatic heterocycles. The quantitative estimate of drug-likeness (QED) is 0.0947. The van der Waals surface area contributed by atoms with Crippen molar-refractivity contribution in [2.75, 3.05) is 6.61 Å². The molecular formula is C27H28O18. The molecular weight excluding hydrogens is 612 g/mol. The molecule has 3 heterocycles. The summed E-state index contributed by atoms with van der Waals surface area (Å²) in [6, 6.07) is 3.27. The van der Waals surface area contributed by atoms with E-state index in [1.807, 2.05) is 0 Å². The Hall–Kier alpha value is -4.24. The molecule has 3 aromatic rings. The molecule has 2 fully saturated rings. The smallest absolute Gasteiger partial charge is 0.335 e. The molecule has 12 N–H and O–H groups in total. The highest BCUT2D eigenvalue weighted by atomic mass is 16.7. The van der Waals surface area contributed by atoms with Gasteiger partial charge in [0.05, 0.1) is 17.7 Å². The van der Waals surface area contributed by atoms with Crippen LogP contribution in [0.4, 0.5) is 0 Å². The number of aliphatic hydroxyl groups excluding tert-OH is 7. The fraction of sp³-hybridized carbons (Fsp3) is 0.407. The maximum atomic E-state index is 13.3. The number of carbonyl (C=O) groups is 1. The molecule has 5 rings (SSSR count). The molecule has 2 aliphatic rings. The summed E-state index contributed by atoms with van der Waals surface area (Å²) < 4.78 is 21.9. The molecule has 0 saturated carbocycles. The van der Waals surface area contributed by atoms with Crippen molar-refractivity contribution in [3.05, 3.63) is 40.1 Å². The number of phenolic OH excluding ortho intramolecular Hbond substituents is 4. The van der Waals surface area contributed by atoms with Gasteiger partial charge in [0.2, 0.25) is 6.29 Å². The van der Waals surface area contributed by atoms with Crippen molar-refractivity contribution in [1.29, 1.82) is 0 Å². The largest absolute Gasteiger partial charge is 0.507 e. The molecule has 2 aromatic carbocycles. The Labute approximate surface area is 250 Å². The van der Waals surface area contributed by atoms with Gasteiger partial charge in [0.25, 0.3) is 0 Å². The van der Waals surface area contributed by atoms with Gasteiger partial charge >= 0.3 is 5.97 Å². The van der Waals surface area contributed by atoms with Gasteiger partial charge in [0.15, 0.2) is 23.0 Å². The zero-order chi connectivity index (χ0) is 33.1. The molecule has 18 heteroatoms. The summed E-state index contributed by atoms with van der Waals surface area (Å²) in [5.74, 6) is -5.92. The van der Waals surface area contributed by atoms with Crippen LogP contribution in [0.1, 0.15) is 11.7 Å². The van der Waals surface area contributed by atoms with Gasteiger partial charge in [-0.15, -0.1) is 0 Å². The first-order valence-corrected chi connectivity index (χ1v) is 13.1. The number of aliphatic hydroxyl groups is 7. The number of fused-ring (bicyclic) bond motifs is 1. The number of rotatable bonds is 6. The Morgan fingerprint density at radius 3 is 2.07 bits per heavy atom. The van der Waals surface area contributed by atoms with E-state index in [4.69, 9.17) is 18.6 Å². The van der Waals surface area contributed by atoms with Crippen molar-refractivity contribution in [3.8, 4) is 40.1 Å². The average molecular weight is 641 g/mol. The number of carboxylic acid groups (broad SMARTS) is 1. The zero-order valence-electron chi connectivity index (χ0n) is 22.6. The number of aromatic hydroxyl groups is 4. The minimum Gasteiger partial charge on any atom is -0.507 e. The van der Waals surface area contributed by atoms with E-state index in [1.165, 1.54) is 0 Å². The maximum Gasteiger partial charge on any atom is 0.335 e. The lowest BCUT2D eigenvalue weighted by Crippen LogP contribution is -2.61. The minimum atomic E-state index is -2.13. The second-order valence-corrected chi connectivity index (χ2v) is 10.4. The molecule has 10 atom stereocenters. The molecule has 10 unspecified atom stereocenters. The fourth-order valence-electron chi connectivity index (χ4n) is 5.18. The van der Waals surface area contributed by atoms with Crippen LogP contribution in [-0.2, 0) is 14.3 Å². The highest BCUT2D eigenvalue weighted by molar-refractivity contribution is 5.89. The first-order valence-electron chi connectivity index (χ1n) is 13.1. The molecule has 45 heavy (non-hydrogen) atoms. The summed E-state index contributed by atoms with van der Waals surface area (Å²) in [6.07, 6.45) is -19.9. The third-order valence-corrected chi connectivity index (χ3v) is 7.59. The standard InChI is InChI=1S/C27H28O18/c28-5-14-17(33)19(35)21(37)24(43-14)16-13(44-27-23(39)20(36)22(38)25(45-27)26(40)41)4-12-15(18(16)34)10(32)3-11(42-12)6-1-8(30)9(31)2-7(6)29/h1-4,14,17,19-25,27-31,33-39H,5H2,(H,40,41). The van der Waals surface area contributed by atoms with Crippen molar-refractivity contribution >= 4 is 16.9 Å². The summed E-state index contributed by atoms with van der Waals surface area (Å²) in [5, 5.41) is 122. The second-order valence-electron chi connectivity index (χ2n) is 10.4. The van der Waals surface area contributed by atoms with Crippen LogP contribution in [0.3, 0.4) is 0 Å². The van der Waals surface area contributed by atoms with Crippen molar-refractivity contribution in [2.24, 2.45) is 0 Å². The second kappa shape index (κ2) is 11.9. The van der Waals surface area contributed by atoms with E-state index in [1.54, 1.807) is 0 Å². The van der Waals surface area contributed by atoms with Crippen LogP contribution in [-0.4, -0.2) is 129 Å². The molecule has 18 nitrogen and oxygen atoms in total. The van der Waals surface area contributed by atoms with Crippen molar-refractivity contribution in [3.63, 3.8) is 0 Å². The van der Waals surface area contributed by atoms with Crippen LogP contribution >= 0.6 is 0 Å². The van der Waals surface area contributed by atoms with Crippen LogP contribution in [0.15, 0.2) is 33.5 Å². The number of hydrogen-bond donors (Lipinski definition) is 12. The van der Waals surface area contributed by atoms with E-state index in [2.05, 4.69) is 0 Å². The molecule has 0 aliphatic carbocycles. The topological polar surface area (TPSA) is 318 Å². The highest BCUT2D eigenvalue weighted by Crippen LogP contribution is 2.47. The lowest BCUT2D eigenvalue weighted by Gasteiger charge is -2.41. The Bertz CT molecular complexity index is 1670. The summed E-state index contributed by atoms with van der Waals surface area (Å²) in [6.45, 7) is -0.894. The van der Waals surface area contributed by atoms with Gasteiger partial charge in [-0.2, -0.15) is 0 Å². The van der Waals surface area contributed by atoms with Gasteiger partial charge in [-0.05, 0) is 6.07 Å². The number of carboxylic acids is 1. The van der Waals surface area contributed by atoms with E-state index in [-0.39, 0.29) is 5.56 Å². The summed E-state index contributed by atoms with van der Waals surface area (Å²) in [4.78, 5) is 24.9. The van der Waals surface area contributed by atoms with Crippen LogP contribution in [0.2, 0.25) is 0 Å². The zero-order valence-corrected chi connectivity index (χ0v) is 22.6. The van der Waals surface area contributed by atoms with Crippen molar-refractivity contribution in [1.82, 2.24) is 0 Å². The number of aliphatic carboxylic acids is 1. The van der Waals surface area contributed by atoms with Crippen LogP contribution in [0, 0.1) is 0 Å². The Morgan fingerprint density at radius 2 is 1.42 bits per heavy atom. The third kappa shape index (κ3) is 5.47. The molecule has 0 spiro atoms. The maximum absolute atomic E-state index is 13.3. The van der Waals surface area contributed by atoms with Crippen molar-refractivity contribution < 1.29 is 84.7 Å². The fourth-order valence-corrected chi connectivity index (χ4v) is 5.18. The van der Waals surface area contributed by atoms with Gasteiger partial charge in [-0.3, -0.25) is 4.79 Å². The Kier molecular flexibility index (Phi) is 8.53. The number of benzene rings is 2. The summed E-state index contributed by atoms with van der Waals surface area (Å²) >= 11 is 0. The lowest BCUT2D eigenvalue weighted by atomic mass is 9.89. The van der Waals surface area contributed by atoms with E-state index < -0.39 is 130 Å². The molecule has 2 saturated heterocycles. The predicted molar refractivity (Wildman–Crippen MR) is 142 cm³/mol. The summed E-state index contributed by atoms with van der Waals surface area (Å²) in [7, 11) is 0. The van der Waals surface area contributed by atoms with Gasteiger partial charge < -0.3 is 79.9 Å². The minimum absolute atomic E-state index is 0.295. The first-order chi connectivity index (χ1) is 21.2. The molecule has 0 amide bonds. The van der Waals surface area contributed by atoms with Gasteiger partial charge in [-0.1, -0.05) is 0 Å². The SMILES string of the molecule is O=C(O)C1OC(Oc2cc3oc(-c4cc(O)c(O)cc4O)cc(=O)c3c(O)c2C2OC(CO)C(O)C(O)C2O)C(O)C(O)C1O. The monoisotopic (exact) mass is 640 g/mol. The Morgan fingerprint density at radius 1 is 0.778 bits per heavy atom. The van der Waals surface area contributed by atoms with Gasteiger partial charge in [0.1, 0.15) is 82.8 Å². The lowest BCUT2D eigenvalue weighted by molar-refractivity contribution is -0.272. The molecule has 0 radical (unpaired) electrons. The van der Waals surface area contributed by atoms with E-state index in [0.717, 1.165) is 24.3 Å². The molecule has 0 bridgehead atoms. The highest BCUT2D eigenvalue weighted by Gasteiger charge is 2.50. The van der Waals surface area contributed by atoms with Crippen LogP contribution in [0.25, 0.3) is 22.3 Å². The number of ether oxygens (including phenoxy) is 3. The third-order valence-electron chi connectivity index (χ3n) is 7.59. The van der Waals surface area contributed by atoms with E-state index in [0.29, 0.717) is 0 Å². The van der Waals surface area contributed by atoms with E-state index in [9.17, 15) is 70.9 Å². The number of hydrogen-bond acceptors (Lipinski definition) is 17. The van der Waals surface area contributed by atoms with Gasteiger partial charge in [-0.25, -0.2) is 4.79 Å². The predicted octanol–water partition coefficient (Wildman–Crippen LogP) is -2.93. The normalized spacial score (nSPS) is 32.0. The van der Waals surface area contributed by atoms with Crippen molar-refractivity contribution in [2.45, 2.75) is 61.2 Å². The molecule has 244 valence electrons. The summed E-state index contributed by atoms with van der Waals surface area (Å²) in [5.41, 5.74) is -2.46. The first kappa shape index (κ1) is 32.2. The van der Waals surface area contributed by atoms with Gasteiger partial charge in [0, 0.05) is 18.2 Å². The number of phenols is 4. The van der Waals surface area contributed by atoms with E-state index >= 15 is 0 Å².